The Morgan fingerprint density at radius 3 is 2.80 bits per heavy atom. The van der Waals surface area contributed by atoms with Gasteiger partial charge in [0.25, 0.3) is 5.91 Å². The van der Waals surface area contributed by atoms with Crippen molar-refractivity contribution >= 4 is 11.6 Å². The Morgan fingerprint density at radius 2 is 1.97 bits per heavy atom. The summed E-state index contributed by atoms with van der Waals surface area (Å²) < 4.78 is 5.36. The zero-order chi connectivity index (χ0) is 20.5. The minimum atomic E-state index is 0.0270. The van der Waals surface area contributed by atoms with E-state index in [0.717, 1.165) is 30.4 Å². The van der Waals surface area contributed by atoms with Crippen LogP contribution < -0.4 is 10.6 Å². The molecular formula is C26H32N2O2. The Hall–Kier alpha value is -2.33. The van der Waals surface area contributed by atoms with Crippen LogP contribution in [0.1, 0.15) is 66.1 Å². The number of hydrogen-bond donors (Lipinski definition) is 2. The number of carbonyl (C=O) groups excluding carboxylic acids is 1. The zero-order valence-corrected chi connectivity index (χ0v) is 17.8. The Balaban J connectivity index is 1.39. The Kier molecular flexibility index (Phi) is 5.51. The quantitative estimate of drug-likeness (QED) is 0.628. The lowest BCUT2D eigenvalue weighted by Crippen LogP contribution is -2.35. The fraction of sp³-hybridized carbons (Fsp3) is 0.500. The molecule has 1 amide bonds. The average Bonchev–Trinajstić information content (AvgIpc) is 3.41. The van der Waals surface area contributed by atoms with E-state index in [1.54, 1.807) is 0 Å². The van der Waals surface area contributed by atoms with Crippen LogP contribution >= 0.6 is 0 Å². The van der Waals surface area contributed by atoms with E-state index in [0.29, 0.717) is 31.0 Å². The molecule has 1 aliphatic heterocycles. The molecule has 0 saturated heterocycles. The molecule has 0 aromatic heterocycles. The molecule has 158 valence electrons. The van der Waals surface area contributed by atoms with E-state index < -0.39 is 0 Å². The monoisotopic (exact) mass is 404 g/mol. The SMILES string of the molecule is CCOCCCNC(=O)c1ccc2c(c1)[C@@H]1[C@H]3CC[C@@H](C3)[C@@H]1[C@@H](c1ccccc1)N2. The van der Waals surface area contributed by atoms with Gasteiger partial charge in [0.05, 0.1) is 6.04 Å². The molecule has 3 aliphatic rings. The first-order valence-electron chi connectivity index (χ1n) is 11.6. The second-order valence-corrected chi connectivity index (χ2v) is 9.08. The van der Waals surface area contributed by atoms with Gasteiger partial charge in [-0.2, -0.15) is 0 Å². The Bertz CT molecular complexity index is 897. The number of carbonyl (C=O) groups is 1. The Labute approximate surface area is 179 Å². The highest BCUT2D eigenvalue weighted by atomic mass is 16.5. The van der Waals surface area contributed by atoms with Gasteiger partial charge in [-0.3, -0.25) is 4.79 Å². The molecule has 2 N–H and O–H groups in total. The van der Waals surface area contributed by atoms with Crippen LogP contribution in [0.2, 0.25) is 0 Å². The van der Waals surface area contributed by atoms with Crippen molar-refractivity contribution in [1.29, 1.82) is 0 Å². The summed E-state index contributed by atoms with van der Waals surface area (Å²) in [6.45, 7) is 4.06. The van der Waals surface area contributed by atoms with E-state index in [2.05, 4.69) is 53.1 Å². The van der Waals surface area contributed by atoms with Gasteiger partial charge >= 0.3 is 0 Å². The van der Waals surface area contributed by atoms with Crippen LogP contribution in [0.5, 0.6) is 0 Å². The minimum Gasteiger partial charge on any atom is -0.382 e. The summed E-state index contributed by atoms with van der Waals surface area (Å²) in [5.41, 5.74) is 4.75. The molecule has 5 rings (SSSR count). The number of anilines is 1. The maximum Gasteiger partial charge on any atom is 0.251 e. The van der Waals surface area contributed by atoms with Crippen molar-refractivity contribution in [2.24, 2.45) is 17.8 Å². The summed E-state index contributed by atoms with van der Waals surface area (Å²) in [7, 11) is 0. The van der Waals surface area contributed by atoms with E-state index in [1.165, 1.54) is 36.1 Å². The first-order chi connectivity index (χ1) is 14.8. The normalized spacial score (nSPS) is 28.5. The fourth-order valence-corrected chi connectivity index (χ4v) is 6.24. The number of amides is 1. The molecule has 2 aliphatic carbocycles. The molecule has 2 aromatic rings. The van der Waals surface area contributed by atoms with Crippen molar-refractivity contribution in [3.63, 3.8) is 0 Å². The van der Waals surface area contributed by atoms with Gasteiger partial charge in [0.2, 0.25) is 0 Å². The average molecular weight is 405 g/mol. The number of nitrogens with one attached hydrogen (secondary N) is 2. The fourth-order valence-electron chi connectivity index (χ4n) is 6.24. The summed E-state index contributed by atoms with van der Waals surface area (Å²) in [5, 5.41) is 6.91. The molecule has 5 atom stereocenters. The van der Waals surface area contributed by atoms with Crippen molar-refractivity contribution in [1.82, 2.24) is 5.32 Å². The number of hydrogen-bond acceptors (Lipinski definition) is 3. The number of benzene rings is 2. The molecule has 0 radical (unpaired) electrons. The van der Waals surface area contributed by atoms with Crippen LogP contribution in [-0.2, 0) is 4.74 Å². The molecule has 4 nitrogen and oxygen atoms in total. The number of rotatable bonds is 7. The lowest BCUT2D eigenvalue weighted by molar-refractivity contribution is 0.0944. The number of fused-ring (bicyclic) bond motifs is 7. The van der Waals surface area contributed by atoms with Gasteiger partial charge < -0.3 is 15.4 Å². The molecule has 2 bridgehead atoms. The zero-order valence-electron chi connectivity index (χ0n) is 17.8. The highest BCUT2D eigenvalue weighted by molar-refractivity contribution is 5.95. The summed E-state index contributed by atoms with van der Waals surface area (Å²) in [6, 6.07) is 17.5. The van der Waals surface area contributed by atoms with Gasteiger partial charge in [-0.1, -0.05) is 30.3 Å². The highest BCUT2D eigenvalue weighted by Crippen LogP contribution is 2.63. The molecule has 0 unspecified atom stereocenters. The van der Waals surface area contributed by atoms with E-state index in [-0.39, 0.29) is 5.91 Å². The van der Waals surface area contributed by atoms with E-state index in [4.69, 9.17) is 4.74 Å². The van der Waals surface area contributed by atoms with E-state index >= 15 is 0 Å². The topological polar surface area (TPSA) is 50.4 Å². The van der Waals surface area contributed by atoms with E-state index in [1.807, 2.05) is 13.0 Å². The predicted octanol–water partition coefficient (Wildman–Crippen LogP) is 5.14. The van der Waals surface area contributed by atoms with Crippen LogP contribution in [0.15, 0.2) is 48.5 Å². The van der Waals surface area contributed by atoms with Gasteiger partial charge in [0.1, 0.15) is 0 Å². The smallest absolute Gasteiger partial charge is 0.251 e. The van der Waals surface area contributed by atoms with Crippen LogP contribution in [0.3, 0.4) is 0 Å². The van der Waals surface area contributed by atoms with Crippen molar-refractivity contribution < 1.29 is 9.53 Å². The Morgan fingerprint density at radius 1 is 1.13 bits per heavy atom. The van der Waals surface area contributed by atoms with Crippen LogP contribution in [0, 0.1) is 17.8 Å². The van der Waals surface area contributed by atoms with Crippen molar-refractivity contribution in [2.75, 3.05) is 25.1 Å². The molecule has 4 heteroatoms. The lowest BCUT2D eigenvalue weighted by Gasteiger charge is -2.43. The molecule has 1 heterocycles. The molecule has 2 saturated carbocycles. The molecular weight excluding hydrogens is 372 g/mol. The summed E-state index contributed by atoms with van der Waals surface area (Å²) >= 11 is 0. The molecule has 2 aromatic carbocycles. The van der Waals surface area contributed by atoms with Crippen molar-refractivity contribution in [3.8, 4) is 0 Å². The molecule has 0 spiro atoms. The standard InChI is InChI=1S/C26H32N2O2/c1-2-30-14-6-13-27-26(29)20-11-12-22-21(16-20)23-18-9-10-19(15-18)24(23)25(28-22)17-7-4-3-5-8-17/h3-5,7-8,11-12,16,18-19,23-25,28H,2,6,9-10,13-15H2,1H3,(H,27,29)/t18-,19-,23-,24-,25+/m0/s1. The van der Waals surface area contributed by atoms with E-state index in [9.17, 15) is 4.79 Å². The third kappa shape index (κ3) is 3.51. The second-order valence-electron chi connectivity index (χ2n) is 9.08. The van der Waals surface area contributed by atoms with Gasteiger partial charge in [0.15, 0.2) is 0 Å². The molecule has 30 heavy (non-hydrogen) atoms. The lowest BCUT2D eigenvalue weighted by atomic mass is 9.68. The predicted molar refractivity (Wildman–Crippen MR) is 120 cm³/mol. The van der Waals surface area contributed by atoms with Gasteiger partial charge in [-0.15, -0.1) is 0 Å². The van der Waals surface area contributed by atoms with Crippen molar-refractivity contribution in [3.05, 3.63) is 65.2 Å². The summed E-state index contributed by atoms with van der Waals surface area (Å²) in [4.78, 5) is 12.7. The summed E-state index contributed by atoms with van der Waals surface area (Å²) in [6.07, 6.45) is 4.87. The first kappa shape index (κ1) is 19.6. The van der Waals surface area contributed by atoms with Crippen molar-refractivity contribution in [2.45, 2.75) is 44.6 Å². The van der Waals surface area contributed by atoms with Gasteiger partial charge in [-0.05, 0) is 85.6 Å². The van der Waals surface area contributed by atoms with Crippen LogP contribution in [-0.4, -0.2) is 25.7 Å². The maximum atomic E-state index is 12.7. The van der Waals surface area contributed by atoms with Gasteiger partial charge in [-0.25, -0.2) is 0 Å². The first-order valence-corrected chi connectivity index (χ1v) is 11.6. The van der Waals surface area contributed by atoms with Gasteiger partial charge in [0, 0.05) is 31.0 Å². The highest BCUT2D eigenvalue weighted by Gasteiger charge is 2.53. The minimum absolute atomic E-state index is 0.0270. The third-order valence-corrected chi connectivity index (χ3v) is 7.46. The largest absolute Gasteiger partial charge is 0.382 e. The number of ether oxygens (including phenoxy) is 1. The van der Waals surface area contributed by atoms with Crippen LogP contribution in [0.4, 0.5) is 5.69 Å². The summed E-state index contributed by atoms with van der Waals surface area (Å²) in [5.74, 6) is 2.77. The third-order valence-electron chi connectivity index (χ3n) is 7.46. The second kappa shape index (κ2) is 8.43. The molecule has 2 fully saturated rings. The maximum absolute atomic E-state index is 12.7. The van der Waals surface area contributed by atoms with Crippen LogP contribution in [0.25, 0.3) is 0 Å².